The minimum Gasteiger partial charge on any atom is -0.339 e. The maximum absolute atomic E-state index is 13.0. The highest BCUT2D eigenvalue weighted by Gasteiger charge is 2.33. The third-order valence-electron chi connectivity index (χ3n) is 4.52. The first-order valence-electron chi connectivity index (χ1n) is 8.50. The highest BCUT2D eigenvalue weighted by molar-refractivity contribution is 8.00. The molecule has 6 nitrogen and oxygen atoms in total. The van der Waals surface area contributed by atoms with E-state index in [-0.39, 0.29) is 21.7 Å². The van der Waals surface area contributed by atoms with Crippen LogP contribution in [0.2, 0.25) is 5.02 Å². The van der Waals surface area contributed by atoms with Crippen molar-refractivity contribution in [1.29, 1.82) is 0 Å². The molecule has 0 bridgehead atoms. The molecule has 1 fully saturated rings. The predicted octanol–water partition coefficient (Wildman–Crippen LogP) is 3.05. The van der Waals surface area contributed by atoms with Crippen molar-refractivity contribution >= 4 is 34.9 Å². The largest absolute Gasteiger partial charge is 0.417 e. The molecule has 0 aliphatic carbocycles. The van der Waals surface area contributed by atoms with Crippen LogP contribution in [0, 0.1) is 0 Å². The Bertz CT molecular complexity index is 835. The van der Waals surface area contributed by atoms with Crippen LogP contribution in [0.25, 0.3) is 5.65 Å². The predicted molar refractivity (Wildman–Crippen MR) is 97.0 cm³/mol. The van der Waals surface area contributed by atoms with Gasteiger partial charge >= 0.3 is 6.18 Å². The van der Waals surface area contributed by atoms with E-state index in [2.05, 4.69) is 22.0 Å². The molecule has 1 saturated heterocycles. The Kier molecular flexibility index (Phi) is 5.87. The molecule has 0 radical (unpaired) electrons. The first-order valence-corrected chi connectivity index (χ1v) is 9.75. The number of pyridine rings is 1. The summed E-state index contributed by atoms with van der Waals surface area (Å²) in [5, 5.41) is 7.32. The van der Waals surface area contributed by atoms with Crippen molar-refractivity contribution in [3.05, 3.63) is 22.8 Å². The summed E-state index contributed by atoms with van der Waals surface area (Å²) < 4.78 is 40.3. The van der Waals surface area contributed by atoms with E-state index in [1.165, 1.54) is 4.40 Å². The minimum atomic E-state index is -4.54. The Morgan fingerprint density at radius 1 is 1.30 bits per heavy atom. The highest BCUT2D eigenvalue weighted by Crippen LogP contribution is 2.34. The summed E-state index contributed by atoms with van der Waals surface area (Å²) in [5.74, 6) is -0.0643. The molecule has 1 aliphatic rings. The SMILES string of the molecule is CCN1CCN(C(=O)C(C)Sc2nnc3c(Cl)cc(C(F)(F)F)cn23)CC1. The zero-order valence-electron chi connectivity index (χ0n) is 14.8. The lowest BCUT2D eigenvalue weighted by atomic mass is 10.3. The molecule has 0 aromatic carbocycles. The number of aromatic nitrogens is 3. The molecule has 1 aliphatic heterocycles. The third kappa shape index (κ3) is 4.33. The molecule has 2 aromatic heterocycles. The highest BCUT2D eigenvalue weighted by atomic mass is 35.5. The van der Waals surface area contributed by atoms with Gasteiger partial charge in [-0.05, 0) is 19.5 Å². The van der Waals surface area contributed by atoms with Crippen LogP contribution < -0.4 is 0 Å². The zero-order valence-corrected chi connectivity index (χ0v) is 16.4. The topological polar surface area (TPSA) is 53.7 Å². The molecular weight excluding hydrogens is 403 g/mol. The van der Waals surface area contributed by atoms with Gasteiger partial charge < -0.3 is 9.80 Å². The lowest BCUT2D eigenvalue weighted by Crippen LogP contribution is -2.50. The Labute approximate surface area is 163 Å². The van der Waals surface area contributed by atoms with Gasteiger partial charge in [0, 0.05) is 32.4 Å². The van der Waals surface area contributed by atoms with Gasteiger partial charge in [0.2, 0.25) is 5.91 Å². The van der Waals surface area contributed by atoms with E-state index in [9.17, 15) is 18.0 Å². The van der Waals surface area contributed by atoms with E-state index in [1.807, 2.05) is 0 Å². The van der Waals surface area contributed by atoms with Gasteiger partial charge in [-0.25, -0.2) is 0 Å². The van der Waals surface area contributed by atoms with Crippen molar-refractivity contribution < 1.29 is 18.0 Å². The van der Waals surface area contributed by atoms with Gasteiger partial charge in [-0.2, -0.15) is 13.2 Å². The number of carbonyl (C=O) groups is 1. The van der Waals surface area contributed by atoms with E-state index in [0.717, 1.165) is 43.7 Å². The number of likely N-dealkylation sites (N-methyl/N-ethyl adjacent to an activating group) is 1. The average Bonchev–Trinajstić information content (AvgIpc) is 3.04. The number of thioether (sulfide) groups is 1. The molecule has 0 spiro atoms. The molecule has 148 valence electrons. The monoisotopic (exact) mass is 421 g/mol. The van der Waals surface area contributed by atoms with Gasteiger partial charge in [0.05, 0.1) is 15.8 Å². The van der Waals surface area contributed by atoms with Crippen LogP contribution in [0.5, 0.6) is 0 Å². The maximum Gasteiger partial charge on any atom is 0.417 e. The van der Waals surface area contributed by atoms with Crippen LogP contribution in [0.1, 0.15) is 19.4 Å². The summed E-state index contributed by atoms with van der Waals surface area (Å²) >= 11 is 6.99. The Hall–Kier alpha value is -1.52. The molecular formula is C16H19ClF3N5OS. The Morgan fingerprint density at radius 3 is 2.56 bits per heavy atom. The molecule has 3 heterocycles. The summed E-state index contributed by atoms with van der Waals surface area (Å²) in [7, 11) is 0. The molecule has 0 N–H and O–H groups in total. The third-order valence-corrected chi connectivity index (χ3v) is 5.84. The number of piperazine rings is 1. The molecule has 3 rings (SSSR count). The summed E-state index contributed by atoms with van der Waals surface area (Å²) in [6.07, 6.45) is -3.63. The van der Waals surface area contributed by atoms with E-state index >= 15 is 0 Å². The summed E-state index contributed by atoms with van der Waals surface area (Å²) in [5.41, 5.74) is -0.764. The van der Waals surface area contributed by atoms with Crippen molar-refractivity contribution in [1.82, 2.24) is 24.4 Å². The fourth-order valence-corrected chi connectivity index (χ4v) is 4.07. The number of hydrogen-bond donors (Lipinski definition) is 0. The second-order valence-corrected chi connectivity index (χ2v) is 7.99. The molecule has 1 atom stereocenters. The molecule has 11 heteroatoms. The number of alkyl halides is 3. The molecule has 1 amide bonds. The molecule has 1 unspecified atom stereocenters. The minimum absolute atomic E-state index is 0.0643. The van der Waals surface area contributed by atoms with E-state index in [4.69, 9.17) is 11.6 Å². The summed E-state index contributed by atoms with van der Waals surface area (Å²) in [6.45, 7) is 7.66. The number of hydrogen-bond acceptors (Lipinski definition) is 5. The number of halogens is 4. The average molecular weight is 422 g/mol. The normalized spacial score (nSPS) is 17.5. The molecule has 2 aromatic rings. The second-order valence-electron chi connectivity index (χ2n) is 6.27. The number of carbonyl (C=O) groups excluding carboxylic acids is 1. The van der Waals surface area contributed by atoms with Crippen LogP contribution in [0.3, 0.4) is 0 Å². The van der Waals surface area contributed by atoms with Crippen molar-refractivity contribution in [2.24, 2.45) is 0 Å². The number of amides is 1. The van der Waals surface area contributed by atoms with Crippen molar-refractivity contribution in [3.8, 4) is 0 Å². The van der Waals surface area contributed by atoms with Gasteiger partial charge in [-0.1, -0.05) is 30.3 Å². The summed E-state index contributed by atoms with van der Waals surface area (Å²) in [4.78, 5) is 16.7. The zero-order chi connectivity index (χ0) is 19.8. The Balaban J connectivity index is 1.78. The van der Waals surface area contributed by atoms with Gasteiger partial charge in [0.25, 0.3) is 0 Å². The number of nitrogens with zero attached hydrogens (tertiary/aromatic N) is 5. The van der Waals surface area contributed by atoms with Gasteiger partial charge in [0.1, 0.15) is 0 Å². The van der Waals surface area contributed by atoms with Crippen LogP contribution in [0.4, 0.5) is 13.2 Å². The van der Waals surface area contributed by atoms with Gasteiger partial charge in [0.15, 0.2) is 10.8 Å². The molecule has 0 saturated carbocycles. The number of rotatable bonds is 4. The second kappa shape index (κ2) is 7.84. The number of fused-ring (bicyclic) bond motifs is 1. The van der Waals surface area contributed by atoms with Crippen LogP contribution in [0.15, 0.2) is 17.4 Å². The van der Waals surface area contributed by atoms with E-state index in [0.29, 0.717) is 13.1 Å². The lowest BCUT2D eigenvalue weighted by molar-refractivity contribution is -0.138. The lowest BCUT2D eigenvalue weighted by Gasteiger charge is -2.35. The maximum atomic E-state index is 13.0. The van der Waals surface area contributed by atoms with Crippen molar-refractivity contribution in [3.63, 3.8) is 0 Å². The van der Waals surface area contributed by atoms with Crippen molar-refractivity contribution in [2.75, 3.05) is 32.7 Å². The fraction of sp³-hybridized carbons (Fsp3) is 0.562. The smallest absolute Gasteiger partial charge is 0.339 e. The fourth-order valence-electron chi connectivity index (χ4n) is 2.92. The molecule has 27 heavy (non-hydrogen) atoms. The van der Waals surface area contributed by atoms with Crippen molar-refractivity contribution in [2.45, 2.75) is 30.4 Å². The quantitative estimate of drug-likeness (QED) is 0.710. The first kappa shape index (κ1) is 20.2. The van der Waals surface area contributed by atoms with Gasteiger partial charge in [-0.15, -0.1) is 10.2 Å². The van der Waals surface area contributed by atoms with Crippen LogP contribution >= 0.6 is 23.4 Å². The van der Waals surface area contributed by atoms with Crippen LogP contribution in [-0.4, -0.2) is 68.3 Å². The van der Waals surface area contributed by atoms with E-state index < -0.39 is 17.0 Å². The summed E-state index contributed by atoms with van der Waals surface area (Å²) in [6, 6.07) is 0.821. The van der Waals surface area contributed by atoms with Gasteiger partial charge in [-0.3, -0.25) is 9.20 Å². The first-order chi connectivity index (χ1) is 12.7. The van der Waals surface area contributed by atoms with Crippen LogP contribution in [-0.2, 0) is 11.0 Å². The Morgan fingerprint density at radius 2 is 1.96 bits per heavy atom. The standard InChI is InChI=1S/C16H19ClF3N5OS/c1-3-23-4-6-24(7-5-23)14(26)10(2)27-15-22-21-13-12(17)8-11(9-25(13)15)16(18,19)20/h8-10H,3-7H2,1-2H3. The van der Waals surface area contributed by atoms with E-state index in [1.54, 1.807) is 11.8 Å².